The summed E-state index contributed by atoms with van der Waals surface area (Å²) in [6, 6.07) is 8.90. The van der Waals surface area contributed by atoms with Crippen LogP contribution in [-0.4, -0.2) is 48.5 Å². The summed E-state index contributed by atoms with van der Waals surface area (Å²) < 4.78 is 0. The van der Waals surface area contributed by atoms with E-state index in [1.54, 1.807) is 0 Å². The van der Waals surface area contributed by atoms with Crippen molar-refractivity contribution in [3.8, 4) is 0 Å². The third kappa shape index (κ3) is 10.8. The Balaban J connectivity index is 0.00000784. The number of hydrogen-bond acceptors (Lipinski definition) is 3. The number of hydrogen-bond donors (Lipinski definition) is 3. The molecule has 166 valence electrons. The van der Waals surface area contributed by atoms with E-state index in [1.165, 1.54) is 0 Å². The molecule has 6 nitrogen and oxygen atoms in total. The molecule has 0 saturated heterocycles. The van der Waals surface area contributed by atoms with Crippen LogP contribution < -0.4 is 16.0 Å². The van der Waals surface area contributed by atoms with Crippen LogP contribution in [0.3, 0.4) is 0 Å². The van der Waals surface area contributed by atoms with Crippen LogP contribution in [0.1, 0.15) is 54.0 Å². The van der Waals surface area contributed by atoms with Gasteiger partial charge < -0.3 is 16.0 Å². The summed E-state index contributed by atoms with van der Waals surface area (Å²) in [6.45, 7) is 18.0. The number of guanidine groups is 1. The molecule has 29 heavy (non-hydrogen) atoms. The molecule has 1 aromatic carbocycles. The van der Waals surface area contributed by atoms with Crippen molar-refractivity contribution < 1.29 is 4.79 Å². The van der Waals surface area contributed by atoms with E-state index in [1.807, 2.05) is 38.1 Å². The predicted molar refractivity (Wildman–Crippen MR) is 135 cm³/mol. The van der Waals surface area contributed by atoms with E-state index in [-0.39, 0.29) is 35.8 Å². The van der Waals surface area contributed by atoms with E-state index in [0.29, 0.717) is 18.6 Å². The topological polar surface area (TPSA) is 68.8 Å². The molecule has 7 heteroatoms. The lowest BCUT2D eigenvalue weighted by atomic mass is 10.2. The van der Waals surface area contributed by atoms with Crippen molar-refractivity contribution in [1.82, 2.24) is 15.5 Å². The van der Waals surface area contributed by atoms with Gasteiger partial charge in [-0.05, 0) is 52.3 Å². The molecule has 1 amide bonds. The van der Waals surface area contributed by atoms with Crippen molar-refractivity contribution in [2.24, 2.45) is 10.9 Å². The molecule has 3 N–H and O–H groups in total. The van der Waals surface area contributed by atoms with E-state index in [4.69, 9.17) is 0 Å². The maximum absolute atomic E-state index is 11.8. The Morgan fingerprint density at radius 1 is 1.00 bits per heavy atom. The number of rotatable bonds is 10. The first-order chi connectivity index (χ1) is 13.2. The number of nitrogens with zero attached hydrogens (tertiary/aromatic N) is 2. The summed E-state index contributed by atoms with van der Waals surface area (Å²) in [6.07, 6.45) is 0. The molecule has 0 atom stereocenters. The van der Waals surface area contributed by atoms with Gasteiger partial charge in [-0.1, -0.05) is 26.0 Å². The van der Waals surface area contributed by atoms with Crippen molar-refractivity contribution >= 4 is 41.5 Å². The average Bonchev–Trinajstić information content (AvgIpc) is 2.63. The Hall–Kier alpha value is -1.35. The number of carbonyl (C=O) groups is 1. The Labute approximate surface area is 194 Å². The van der Waals surface area contributed by atoms with Gasteiger partial charge in [0.05, 0.1) is 6.54 Å². The van der Waals surface area contributed by atoms with E-state index in [0.717, 1.165) is 36.8 Å². The third-order valence-corrected chi connectivity index (χ3v) is 4.50. The first-order valence-electron chi connectivity index (χ1n) is 10.4. The lowest BCUT2D eigenvalue weighted by Crippen LogP contribution is -2.45. The summed E-state index contributed by atoms with van der Waals surface area (Å²) in [5.41, 5.74) is 1.92. The van der Waals surface area contributed by atoms with Crippen molar-refractivity contribution in [3.63, 3.8) is 0 Å². The SMILES string of the molecule is CCNC(=NCc1ccc(NC(=O)C(C)C)cc1)NCCN(C(C)C)C(C)C.I. The molecule has 1 rings (SSSR count). The minimum absolute atomic E-state index is 0. The molecule has 0 aromatic heterocycles. The molecule has 0 aliphatic rings. The smallest absolute Gasteiger partial charge is 0.226 e. The van der Waals surface area contributed by atoms with Gasteiger partial charge in [-0.15, -0.1) is 24.0 Å². The van der Waals surface area contributed by atoms with E-state index in [2.05, 4.69) is 60.5 Å². The Morgan fingerprint density at radius 3 is 2.07 bits per heavy atom. The molecule has 0 aliphatic carbocycles. The number of carbonyl (C=O) groups excluding carboxylic acids is 1. The highest BCUT2D eigenvalue weighted by Crippen LogP contribution is 2.11. The number of nitrogens with one attached hydrogen (secondary N) is 3. The fraction of sp³-hybridized carbons (Fsp3) is 0.636. The van der Waals surface area contributed by atoms with Gasteiger partial charge in [0.2, 0.25) is 5.91 Å². The lowest BCUT2D eigenvalue weighted by Gasteiger charge is -2.30. The van der Waals surface area contributed by atoms with Crippen LogP contribution in [0.5, 0.6) is 0 Å². The van der Waals surface area contributed by atoms with Gasteiger partial charge in [-0.25, -0.2) is 4.99 Å². The van der Waals surface area contributed by atoms with Crippen LogP contribution in [0.2, 0.25) is 0 Å². The fourth-order valence-electron chi connectivity index (χ4n) is 2.91. The number of benzene rings is 1. The lowest BCUT2D eigenvalue weighted by molar-refractivity contribution is -0.118. The summed E-state index contributed by atoms with van der Waals surface area (Å²) in [7, 11) is 0. The van der Waals surface area contributed by atoms with E-state index in [9.17, 15) is 4.79 Å². The molecule has 1 aromatic rings. The van der Waals surface area contributed by atoms with Gasteiger partial charge in [0, 0.05) is 43.3 Å². The maximum Gasteiger partial charge on any atom is 0.226 e. The van der Waals surface area contributed by atoms with Gasteiger partial charge in [0.15, 0.2) is 5.96 Å². The van der Waals surface area contributed by atoms with E-state index < -0.39 is 0 Å². The second kappa shape index (κ2) is 14.6. The Bertz CT molecular complexity index is 606. The first kappa shape index (κ1) is 27.6. The molecule has 0 spiro atoms. The second-order valence-corrected chi connectivity index (χ2v) is 7.89. The minimum Gasteiger partial charge on any atom is -0.357 e. The van der Waals surface area contributed by atoms with Crippen molar-refractivity contribution in [2.45, 2.75) is 67.1 Å². The normalized spacial score (nSPS) is 11.8. The number of aliphatic imine (C=N–C) groups is 1. The Kier molecular flexibility index (Phi) is 13.9. The average molecular weight is 518 g/mol. The highest BCUT2D eigenvalue weighted by molar-refractivity contribution is 14.0. The van der Waals surface area contributed by atoms with Gasteiger partial charge in [-0.3, -0.25) is 9.69 Å². The number of anilines is 1. The van der Waals surface area contributed by atoms with Crippen LogP contribution in [0.25, 0.3) is 0 Å². The van der Waals surface area contributed by atoms with Crippen LogP contribution in [-0.2, 0) is 11.3 Å². The highest BCUT2D eigenvalue weighted by Gasteiger charge is 2.12. The summed E-state index contributed by atoms with van der Waals surface area (Å²) in [5, 5.41) is 9.63. The second-order valence-electron chi connectivity index (χ2n) is 7.89. The monoisotopic (exact) mass is 517 g/mol. The molecule has 0 bridgehead atoms. The summed E-state index contributed by atoms with van der Waals surface area (Å²) in [4.78, 5) is 18.9. The molecular weight excluding hydrogens is 477 g/mol. The highest BCUT2D eigenvalue weighted by atomic mass is 127. The zero-order chi connectivity index (χ0) is 21.1. The largest absolute Gasteiger partial charge is 0.357 e. The van der Waals surface area contributed by atoms with Crippen LogP contribution >= 0.6 is 24.0 Å². The zero-order valence-corrected chi connectivity index (χ0v) is 21.4. The molecule has 0 aliphatic heterocycles. The first-order valence-corrected chi connectivity index (χ1v) is 10.4. The van der Waals surface area contributed by atoms with Crippen LogP contribution in [0, 0.1) is 5.92 Å². The number of amides is 1. The van der Waals surface area contributed by atoms with Crippen molar-refractivity contribution in [3.05, 3.63) is 29.8 Å². The molecule has 0 saturated carbocycles. The van der Waals surface area contributed by atoms with Gasteiger partial charge >= 0.3 is 0 Å². The summed E-state index contributed by atoms with van der Waals surface area (Å²) in [5.74, 6) is 0.828. The minimum atomic E-state index is -0.0275. The van der Waals surface area contributed by atoms with Crippen molar-refractivity contribution in [1.29, 1.82) is 0 Å². The van der Waals surface area contributed by atoms with Crippen LogP contribution in [0.15, 0.2) is 29.3 Å². The Morgan fingerprint density at radius 2 is 1.59 bits per heavy atom. The maximum atomic E-state index is 11.8. The van der Waals surface area contributed by atoms with Crippen molar-refractivity contribution in [2.75, 3.05) is 25.0 Å². The molecule has 0 fully saturated rings. The van der Waals surface area contributed by atoms with E-state index >= 15 is 0 Å². The molecular formula is C22H40IN5O. The molecule has 0 radical (unpaired) electrons. The summed E-state index contributed by atoms with van der Waals surface area (Å²) >= 11 is 0. The molecule has 0 heterocycles. The van der Waals surface area contributed by atoms with Gasteiger partial charge in [0.1, 0.15) is 0 Å². The number of halogens is 1. The standard InChI is InChI=1S/C22H39N5O.HI/c1-8-23-22(24-13-14-27(17(4)5)18(6)7)25-15-19-9-11-20(12-10-19)26-21(28)16(2)3;/h9-12,16-18H,8,13-15H2,1-7H3,(H,26,28)(H2,23,24,25);1H. The van der Waals surface area contributed by atoms with Crippen LogP contribution in [0.4, 0.5) is 5.69 Å². The van der Waals surface area contributed by atoms with Gasteiger partial charge in [0.25, 0.3) is 0 Å². The fourth-order valence-corrected chi connectivity index (χ4v) is 2.91. The third-order valence-electron chi connectivity index (χ3n) is 4.50. The quantitative estimate of drug-likeness (QED) is 0.249. The van der Waals surface area contributed by atoms with Gasteiger partial charge in [-0.2, -0.15) is 0 Å². The predicted octanol–water partition coefficient (Wildman–Crippen LogP) is 4.07. The zero-order valence-electron chi connectivity index (χ0n) is 19.1. The molecule has 0 unspecified atom stereocenters.